The zero-order chi connectivity index (χ0) is 21.7. The maximum absolute atomic E-state index is 13.8. The van der Waals surface area contributed by atoms with Gasteiger partial charge in [-0.05, 0) is 44.1 Å². The molecule has 3 aromatic rings. The van der Waals surface area contributed by atoms with Crippen molar-refractivity contribution in [2.75, 3.05) is 4.90 Å². The average Bonchev–Trinajstić information content (AvgIpc) is 3.52. The van der Waals surface area contributed by atoms with Gasteiger partial charge < -0.3 is 0 Å². The maximum atomic E-state index is 13.8. The standard InChI is InChI=1S/C26H30N4OS/c1-18-11-13-19(14-12-18)23-27-25-29(24(31)22-10-7-17-32-22)21-9-4-3-8-20(21)26(30(25)28-23)15-5-2-6-16-26/h7,10-14,17,20-21H,2-6,8-9,15-16H2,1H3. The Morgan fingerprint density at radius 3 is 2.56 bits per heavy atom. The molecule has 2 unspecified atom stereocenters. The van der Waals surface area contributed by atoms with Gasteiger partial charge in [0.05, 0.1) is 10.4 Å². The Balaban J connectivity index is 1.54. The zero-order valence-electron chi connectivity index (χ0n) is 18.7. The summed E-state index contributed by atoms with van der Waals surface area (Å²) in [5.74, 6) is 2.06. The van der Waals surface area contributed by atoms with Crippen molar-refractivity contribution in [1.82, 2.24) is 14.8 Å². The molecule has 1 amide bonds. The number of benzene rings is 1. The number of aryl methyl sites for hydroxylation is 1. The van der Waals surface area contributed by atoms with Crippen molar-refractivity contribution in [2.24, 2.45) is 5.92 Å². The van der Waals surface area contributed by atoms with E-state index >= 15 is 0 Å². The molecule has 1 aromatic carbocycles. The molecule has 2 aliphatic carbocycles. The number of anilines is 1. The van der Waals surface area contributed by atoms with Crippen molar-refractivity contribution >= 4 is 23.2 Å². The van der Waals surface area contributed by atoms with Crippen LogP contribution in [0.4, 0.5) is 5.95 Å². The van der Waals surface area contributed by atoms with Crippen molar-refractivity contribution in [3.8, 4) is 11.4 Å². The molecule has 6 heteroatoms. The quantitative estimate of drug-likeness (QED) is 0.471. The van der Waals surface area contributed by atoms with Crippen molar-refractivity contribution in [3.63, 3.8) is 0 Å². The van der Waals surface area contributed by atoms with E-state index in [1.54, 1.807) is 0 Å². The van der Waals surface area contributed by atoms with Crippen LogP contribution in [0.1, 0.15) is 73.0 Å². The number of nitrogens with zero attached hydrogens (tertiary/aromatic N) is 4. The average molecular weight is 447 g/mol. The van der Waals surface area contributed by atoms with Gasteiger partial charge >= 0.3 is 0 Å². The molecule has 0 radical (unpaired) electrons. The van der Waals surface area contributed by atoms with Gasteiger partial charge in [0.1, 0.15) is 0 Å². The van der Waals surface area contributed by atoms with E-state index in [0.717, 1.165) is 41.5 Å². The molecule has 0 N–H and O–H groups in total. The fourth-order valence-electron chi connectivity index (χ4n) is 6.44. The first kappa shape index (κ1) is 20.2. The van der Waals surface area contributed by atoms with Gasteiger partial charge in [-0.15, -0.1) is 16.4 Å². The summed E-state index contributed by atoms with van der Waals surface area (Å²) in [5, 5.41) is 7.13. The largest absolute Gasteiger partial charge is 0.273 e. The molecule has 3 aliphatic rings. The Hall–Kier alpha value is -2.47. The normalized spacial score (nSPS) is 24.2. The van der Waals surface area contributed by atoms with E-state index in [1.165, 1.54) is 55.4 Å². The van der Waals surface area contributed by atoms with Crippen LogP contribution in [0.15, 0.2) is 41.8 Å². The lowest BCUT2D eigenvalue weighted by molar-refractivity contribution is 0.0315. The molecule has 32 heavy (non-hydrogen) atoms. The first-order valence-corrected chi connectivity index (χ1v) is 13.0. The van der Waals surface area contributed by atoms with Crippen LogP contribution < -0.4 is 4.90 Å². The molecule has 0 bridgehead atoms. The summed E-state index contributed by atoms with van der Waals surface area (Å²) in [4.78, 5) is 21.7. The molecule has 166 valence electrons. The molecular formula is C26H30N4OS. The molecule has 2 saturated carbocycles. The molecule has 1 spiro atoms. The van der Waals surface area contributed by atoms with Gasteiger partial charge in [-0.2, -0.15) is 4.98 Å². The SMILES string of the molecule is Cc1ccc(-c2nc3n(n2)C2(CCCCC2)C2CCCCC2N3C(=O)c2cccs2)cc1. The topological polar surface area (TPSA) is 51.0 Å². The monoisotopic (exact) mass is 446 g/mol. The second-order valence-corrected chi connectivity index (χ2v) is 10.7. The number of rotatable bonds is 2. The maximum Gasteiger partial charge on any atom is 0.270 e. The molecule has 6 rings (SSSR count). The van der Waals surface area contributed by atoms with Crippen LogP contribution in [0.2, 0.25) is 0 Å². The molecule has 2 atom stereocenters. The Morgan fingerprint density at radius 2 is 1.81 bits per heavy atom. The van der Waals surface area contributed by atoms with Crippen LogP contribution in [0.25, 0.3) is 11.4 Å². The van der Waals surface area contributed by atoms with E-state index in [1.807, 2.05) is 22.4 Å². The highest BCUT2D eigenvalue weighted by Crippen LogP contribution is 2.53. The van der Waals surface area contributed by atoms with Crippen molar-refractivity contribution in [3.05, 3.63) is 52.2 Å². The molecule has 2 fully saturated rings. The molecule has 1 aliphatic heterocycles. The van der Waals surface area contributed by atoms with Crippen LogP contribution in [-0.2, 0) is 5.54 Å². The number of thiophene rings is 1. The van der Waals surface area contributed by atoms with Crippen LogP contribution in [0.3, 0.4) is 0 Å². The molecular weight excluding hydrogens is 416 g/mol. The number of hydrogen-bond acceptors (Lipinski definition) is 4. The highest BCUT2D eigenvalue weighted by atomic mass is 32.1. The summed E-state index contributed by atoms with van der Waals surface area (Å²) in [6.45, 7) is 2.10. The summed E-state index contributed by atoms with van der Waals surface area (Å²) in [7, 11) is 0. The minimum atomic E-state index is 0.000840. The molecule has 3 heterocycles. The Labute approximate surface area is 193 Å². The molecule has 2 aromatic heterocycles. The second-order valence-electron chi connectivity index (χ2n) is 9.79. The van der Waals surface area contributed by atoms with E-state index in [9.17, 15) is 4.79 Å². The Kier molecular flexibility index (Phi) is 4.94. The summed E-state index contributed by atoms with van der Waals surface area (Å²) in [5.41, 5.74) is 2.25. The second kappa shape index (κ2) is 7.84. The van der Waals surface area contributed by atoms with Gasteiger partial charge in [-0.3, -0.25) is 9.69 Å². The first-order chi connectivity index (χ1) is 15.7. The number of carbonyl (C=O) groups excluding carboxylic acids is 1. The minimum Gasteiger partial charge on any atom is -0.273 e. The van der Waals surface area contributed by atoms with Crippen LogP contribution in [-0.4, -0.2) is 26.7 Å². The van der Waals surface area contributed by atoms with Crippen molar-refractivity contribution < 1.29 is 4.79 Å². The summed E-state index contributed by atoms with van der Waals surface area (Å²) in [6, 6.07) is 12.5. The lowest BCUT2D eigenvalue weighted by Crippen LogP contribution is -2.61. The third kappa shape index (κ3) is 3.06. The van der Waals surface area contributed by atoms with E-state index in [2.05, 4.69) is 35.9 Å². The summed E-state index contributed by atoms with van der Waals surface area (Å²) < 4.78 is 2.21. The van der Waals surface area contributed by atoms with Gasteiger partial charge in [0.25, 0.3) is 5.91 Å². The number of amides is 1. The number of fused-ring (bicyclic) bond motifs is 4. The Bertz CT molecular complexity index is 1110. The fourth-order valence-corrected chi connectivity index (χ4v) is 7.10. The van der Waals surface area contributed by atoms with Gasteiger partial charge in [-0.25, -0.2) is 4.68 Å². The van der Waals surface area contributed by atoms with Crippen molar-refractivity contribution in [2.45, 2.75) is 76.3 Å². The lowest BCUT2D eigenvalue weighted by Gasteiger charge is -2.55. The predicted molar refractivity (Wildman–Crippen MR) is 128 cm³/mol. The number of aromatic nitrogens is 3. The third-order valence-electron chi connectivity index (χ3n) is 7.96. The molecule has 0 saturated heterocycles. The van der Waals surface area contributed by atoms with Crippen LogP contribution >= 0.6 is 11.3 Å². The summed E-state index contributed by atoms with van der Waals surface area (Å²) in [6.07, 6.45) is 10.8. The summed E-state index contributed by atoms with van der Waals surface area (Å²) >= 11 is 1.52. The highest BCUT2D eigenvalue weighted by molar-refractivity contribution is 7.12. The van der Waals surface area contributed by atoms with E-state index < -0.39 is 0 Å². The van der Waals surface area contributed by atoms with Gasteiger partial charge in [0, 0.05) is 17.5 Å². The third-order valence-corrected chi connectivity index (χ3v) is 8.82. The Morgan fingerprint density at radius 1 is 1.03 bits per heavy atom. The fraction of sp³-hybridized carbons (Fsp3) is 0.500. The van der Waals surface area contributed by atoms with Crippen LogP contribution in [0, 0.1) is 12.8 Å². The van der Waals surface area contributed by atoms with Gasteiger partial charge in [-0.1, -0.05) is 68.0 Å². The number of carbonyl (C=O) groups is 1. The lowest BCUT2D eigenvalue weighted by atomic mass is 9.64. The number of hydrogen-bond donors (Lipinski definition) is 0. The first-order valence-electron chi connectivity index (χ1n) is 12.1. The van der Waals surface area contributed by atoms with Gasteiger partial charge in [0.15, 0.2) is 5.82 Å². The van der Waals surface area contributed by atoms with Crippen molar-refractivity contribution in [1.29, 1.82) is 0 Å². The van der Waals surface area contributed by atoms with E-state index in [0.29, 0.717) is 5.92 Å². The highest BCUT2D eigenvalue weighted by Gasteiger charge is 2.55. The van der Waals surface area contributed by atoms with E-state index in [4.69, 9.17) is 10.1 Å². The molecule has 5 nitrogen and oxygen atoms in total. The predicted octanol–water partition coefficient (Wildman–Crippen LogP) is 6.19. The van der Waals surface area contributed by atoms with Gasteiger partial charge in [0.2, 0.25) is 5.95 Å². The zero-order valence-corrected chi connectivity index (χ0v) is 19.5. The van der Waals surface area contributed by atoms with E-state index in [-0.39, 0.29) is 17.5 Å². The van der Waals surface area contributed by atoms with Crippen LogP contribution in [0.5, 0.6) is 0 Å². The minimum absolute atomic E-state index is 0.000840. The smallest absolute Gasteiger partial charge is 0.270 e.